The minimum absolute atomic E-state index is 0.0231. The van der Waals surface area contributed by atoms with Crippen LogP contribution in [-0.2, 0) is 0 Å². The van der Waals surface area contributed by atoms with Crippen LogP contribution in [0.4, 0.5) is 27.1 Å². The van der Waals surface area contributed by atoms with Gasteiger partial charge >= 0.3 is 0 Å². The lowest BCUT2D eigenvalue weighted by molar-refractivity contribution is 0.629. The second kappa shape index (κ2) is 6.68. The van der Waals surface area contributed by atoms with Crippen LogP contribution in [0.25, 0.3) is 0 Å². The predicted octanol–water partition coefficient (Wildman–Crippen LogP) is 4.65. The van der Waals surface area contributed by atoms with Crippen molar-refractivity contribution in [3.05, 3.63) is 47.2 Å². The number of hydrogen-bond acceptors (Lipinski definition) is 3. The largest absolute Gasteiger partial charge is 0.397 e. The van der Waals surface area contributed by atoms with E-state index in [9.17, 15) is 4.39 Å². The molecule has 0 aromatic heterocycles. The van der Waals surface area contributed by atoms with E-state index < -0.39 is 5.82 Å². The maximum Gasteiger partial charge on any atom is 0.144 e. The Morgan fingerprint density at radius 3 is 2.33 bits per heavy atom. The molecule has 0 aliphatic rings. The number of halogens is 2. The number of hydrogen-bond donors (Lipinski definition) is 2. The highest BCUT2D eigenvalue weighted by molar-refractivity contribution is 6.31. The molecular formula is C16H19ClFN3. The van der Waals surface area contributed by atoms with Crippen LogP contribution in [0.5, 0.6) is 0 Å². The van der Waals surface area contributed by atoms with Gasteiger partial charge < -0.3 is 16.0 Å². The number of nitrogens with one attached hydrogen (secondary N) is 1. The Labute approximate surface area is 129 Å². The van der Waals surface area contributed by atoms with E-state index in [1.165, 1.54) is 12.1 Å². The Balaban J connectivity index is 2.19. The van der Waals surface area contributed by atoms with Crippen LogP contribution in [0.1, 0.15) is 13.8 Å². The van der Waals surface area contributed by atoms with Crippen LogP contribution in [-0.4, -0.2) is 13.1 Å². The molecule has 0 bridgehead atoms. The van der Waals surface area contributed by atoms with Gasteiger partial charge in [-0.05, 0) is 44.2 Å². The average molecular weight is 308 g/mol. The summed E-state index contributed by atoms with van der Waals surface area (Å²) in [6.45, 7) is 6.15. The van der Waals surface area contributed by atoms with Crippen LogP contribution in [0, 0.1) is 5.82 Å². The Morgan fingerprint density at radius 1 is 1.14 bits per heavy atom. The lowest BCUT2D eigenvalue weighted by Gasteiger charge is -2.21. The fourth-order valence-corrected chi connectivity index (χ4v) is 2.34. The van der Waals surface area contributed by atoms with Crippen LogP contribution in [0.3, 0.4) is 0 Å². The minimum atomic E-state index is -0.492. The summed E-state index contributed by atoms with van der Waals surface area (Å²) in [7, 11) is 0. The van der Waals surface area contributed by atoms with E-state index in [1.54, 1.807) is 0 Å². The van der Waals surface area contributed by atoms with Gasteiger partial charge in [-0.15, -0.1) is 0 Å². The third-order valence-corrected chi connectivity index (χ3v) is 3.66. The SMILES string of the molecule is CCN(CC)c1ccc(Nc2cc(F)c(Cl)cc2N)cc1. The van der Waals surface area contributed by atoms with Gasteiger partial charge in [0, 0.05) is 30.5 Å². The summed E-state index contributed by atoms with van der Waals surface area (Å²) in [6, 6.07) is 10.6. The number of anilines is 4. The van der Waals surface area contributed by atoms with E-state index in [0.717, 1.165) is 24.5 Å². The molecule has 2 aromatic rings. The highest BCUT2D eigenvalue weighted by Crippen LogP contribution is 2.29. The third-order valence-electron chi connectivity index (χ3n) is 3.37. The van der Waals surface area contributed by atoms with Crippen molar-refractivity contribution in [2.75, 3.05) is 29.0 Å². The lowest BCUT2D eigenvalue weighted by Crippen LogP contribution is -2.21. The van der Waals surface area contributed by atoms with Crippen LogP contribution in [0.2, 0.25) is 5.02 Å². The number of nitrogen functional groups attached to an aromatic ring is 1. The number of benzene rings is 2. The molecule has 0 aliphatic carbocycles. The van der Waals surface area contributed by atoms with Crippen LogP contribution >= 0.6 is 11.6 Å². The van der Waals surface area contributed by atoms with E-state index in [4.69, 9.17) is 17.3 Å². The fourth-order valence-electron chi connectivity index (χ4n) is 2.17. The molecule has 5 heteroatoms. The van der Waals surface area contributed by atoms with E-state index >= 15 is 0 Å². The number of rotatable bonds is 5. The molecule has 0 atom stereocenters. The van der Waals surface area contributed by atoms with Crippen molar-refractivity contribution in [3.8, 4) is 0 Å². The normalized spacial score (nSPS) is 10.5. The van der Waals surface area contributed by atoms with Crippen molar-refractivity contribution in [1.29, 1.82) is 0 Å². The van der Waals surface area contributed by atoms with Crippen molar-refractivity contribution in [2.24, 2.45) is 0 Å². The van der Waals surface area contributed by atoms with Crippen molar-refractivity contribution >= 4 is 34.4 Å². The van der Waals surface area contributed by atoms with Crippen molar-refractivity contribution < 1.29 is 4.39 Å². The molecule has 0 spiro atoms. The third kappa shape index (κ3) is 3.58. The summed E-state index contributed by atoms with van der Waals surface area (Å²) in [5, 5.41) is 3.12. The van der Waals surface area contributed by atoms with Gasteiger partial charge in [-0.1, -0.05) is 11.6 Å². The summed E-state index contributed by atoms with van der Waals surface area (Å²) in [6.07, 6.45) is 0. The maximum atomic E-state index is 13.5. The Bertz CT molecular complexity index is 610. The van der Waals surface area contributed by atoms with Gasteiger partial charge in [-0.2, -0.15) is 0 Å². The van der Waals surface area contributed by atoms with Gasteiger partial charge in [-0.25, -0.2) is 4.39 Å². The molecule has 2 aromatic carbocycles. The number of nitrogens with two attached hydrogens (primary N) is 1. The van der Waals surface area contributed by atoms with Crippen molar-refractivity contribution in [3.63, 3.8) is 0 Å². The quantitative estimate of drug-likeness (QED) is 0.790. The lowest BCUT2D eigenvalue weighted by atomic mass is 10.2. The number of nitrogens with zero attached hydrogens (tertiary/aromatic N) is 1. The molecule has 0 amide bonds. The molecule has 0 radical (unpaired) electrons. The van der Waals surface area contributed by atoms with Crippen molar-refractivity contribution in [1.82, 2.24) is 0 Å². The molecule has 0 unspecified atom stereocenters. The zero-order valence-electron chi connectivity index (χ0n) is 12.2. The Kier molecular flexibility index (Phi) is 4.91. The first-order valence-electron chi connectivity index (χ1n) is 6.91. The summed E-state index contributed by atoms with van der Waals surface area (Å²) < 4.78 is 13.5. The molecule has 21 heavy (non-hydrogen) atoms. The Hall–Kier alpha value is -1.94. The smallest absolute Gasteiger partial charge is 0.144 e. The first-order valence-corrected chi connectivity index (χ1v) is 7.29. The van der Waals surface area contributed by atoms with Gasteiger partial charge in [0.05, 0.1) is 16.4 Å². The monoisotopic (exact) mass is 307 g/mol. The molecule has 3 nitrogen and oxygen atoms in total. The summed E-state index contributed by atoms with van der Waals surface area (Å²) >= 11 is 5.69. The van der Waals surface area contributed by atoms with E-state index in [1.807, 2.05) is 24.3 Å². The van der Waals surface area contributed by atoms with Gasteiger partial charge in [0.15, 0.2) is 0 Å². The molecule has 112 valence electrons. The summed E-state index contributed by atoms with van der Waals surface area (Å²) in [4.78, 5) is 2.25. The molecule has 0 saturated heterocycles. The van der Waals surface area contributed by atoms with E-state index in [-0.39, 0.29) is 5.02 Å². The Morgan fingerprint density at radius 2 is 1.76 bits per heavy atom. The molecule has 0 heterocycles. The highest BCUT2D eigenvalue weighted by Gasteiger charge is 2.07. The summed E-state index contributed by atoms with van der Waals surface area (Å²) in [5.74, 6) is -0.492. The van der Waals surface area contributed by atoms with Crippen molar-refractivity contribution in [2.45, 2.75) is 13.8 Å². The van der Waals surface area contributed by atoms with Gasteiger partial charge in [0.2, 0.25) is 0 Å². The topological polar surface area (TPSA) is 41.3 Å². The first kappa shape index (κ1) is 15.4. The second-order valence-corrected chi connectivity index (χ2v) is 5.10. The van der Waals surface area contributed by atoms with E-state index in [0.29, 0.717) is 11.4 Å². The zero-order chi connectivity index (χ0) is 15.4. The highest BCUT2D eigenvalue weighted by atomic mass is 35.5. The molecule has 0 aliphatic heterocycles. The van der Waals surface area contributed by atoms with Crippen LogP contribution < -0.4 is 16.0 Å². The second-order valence-electron chi connectivity index (χ2n) is 4.70. The van der Waals surface area contributed by atoms with Crippen LogP contribution in [0.15, 0.2) is 36.4 Å². The zero-order valence-corrected chi connectivity index (χ0v) is 12.9. The molecule has 2 rings (SSSR count). The molecular weight excluding hydrogens is 289 g/mol. The summed E-state index contributed by atoms with van der Waals surface area (Å²) in [5.41, 5.74) is 8.76. The molecule has 0 saturated carbocycles. The predicted molar refractivity (Wildman–Crippen MR) is 89.1 cm³/mol. The standard InChI is InChI=1S/C16H19ClFN3/c1-3-21(4-2)12-7-5-11(6-8-12)20-16-10-14(18)13(17)9-15(16)19/h5-10,20H,3-4,19H2,1-2H3. The van der Waals surface area contributed by atoms with E-state index in [2.05, 4.69) is 24.1 Å². The van der Waals surface area contributed by atoms with Gasteiger partial charge in [0.1, 0.15) is 5.82 Å². The molecule has 3 N–H and O–H groups in total. The van der Waals surface area contributed by atoms with Gasteiger partial charge in [-0.3, -0.25) is 0 Å². The molecule has 0 fully saturated rings. The minimum Gasteiger partial charge on any atom is -0.397 e. The first-order chi connectivity index (χ1) is 10.0. The fraction of sp³-hybridized carbons (Fsp3) is 0.250. The van der Waals surface area contributed by atoms with Gasteiger partial charge in [0.25, 0.3) is 0 Å². The average Bonchev–Trinajstić information content (AvgIpc) is 2.48. The maximum absolute atomic E-state index is 13.5.